The number of fused-ring (bicyclic) bond motifs is 3. The summed E-state index contributed by atoms with van der Waals surface area (Å²) in [4.78, 5) is 21.3. The van der Waals surface area contributed by atoms with Gasteiger partial charge in [-0.15, -0.1) is 0 Å². The van der Waals surface area contributed by atoms with Crippen LogP contribution in [0.25, 0.3) is 16.0 Å². The summed E-state index contributed by atoms with van der Waals surface area (Å²) in [6.45, 7) is 5.27. The molecule has 1 aliphatic heterocycles. The fourth-order valence-corrected chi connectivity index (χ4v) is 4.67. The van der Waals surface area contributed by atoms with Crippen molar-refractivity contribution in [1.82, 2.24) is 9.38 Å². The highest BCUT2D eigenvalue weighted by atomic mass is 32.1. The number of para-hydroxylation sites is 2. The summed E-state index contributed by atoms with van der Waals surface area (Å²) in [6, 6.07) is 16.0. The highest BCUT2D eigenvalue weighted by Crippen LogP contribution is 2.28. The maximum atomic E-state index is 12.9. The van der Waals surface area contributed by atoms with Gasteiger partial charge in [0.1, 0.15) is 4.88 Å². The smallest absolute Gasteiger partial charge is 0.267 e. The van der Waals surface area contributed by atoms with E-state index in [2.05, 4.69) is 19.6 Å². The second kappa shape index (κ2) is 6.92. The molecule has 0 spiro atoms. The van der Waals surface area contributed by atoms with Crippen molar-refractivity contribution in [3.8, 4) is 0 Å². The lowest BCUT2D eigenvalue weighted by Crippen LogP contribution is -2.36. The van der Waals surface area contributed by atoms with Crippen molar-refractivity contribution < 1.29 is 9.53 Å². The third-order valence-corrected chi connectivity index (χ3v) is 6.24. The van der Waals surface area contributed by atoms with Gasteiger partial charge in [-0.1, -0.05) is 23.5 Å². The Morgan fingerprint density at radius 3 is 2.64 bits per heavy atom. The van der Waals surface area contributed by atoms with Crippen molar-refractivity contribution in [2.24, 2.45) is 0 Å². The van der Waals surface area contributed by atoms with Crippen molar-refractivity contribution in [1.29, 1.82) is 0 Å². The monoisotopic (exact) mass is 392 g/mol. The lowest BCUT2D eigenvalue weighted by molar-refractivity contribution is 0.102. The predicted molar refractivity (Wildman–Crippen MR) is 113 cm³/mol. The standard InChI is InChI=1S/C21H20N4O2S/c1-14-19(28-21-23-17-4-2-3-5-18(17)25(14)21)20(26)22-15-6-8-16(9-7-15)24-10-12-27-13-11-24/h2-9H,10-13H2,1H3,(H,22,26). The van der Waals surface area contributed by atoms with Gasteiger partial charge in [-0.05, 0) is 43.3 Å². The molecule has 1 aliphatic rings. The molecule has 0 unspecified atom stereocenters. The van der Waals surface area contributed by atoms with E-state index in [-0.39, 0.29) is 5.91 Å². The van der Waals surface area contributed by atoms with E-state index >= 15 is 0 Å². The fourth-order valence-electron chi connectivity index (χ4n) is 3.64. The number of carbonyl (C=O) groups excluding carboxylic acids is 1. The van der Waals surface area contributed by atoms with E-state index in [9.17, 15) is 4.79 Å². The molecule has 5 rings (SSSR count). The Kier molecular flexibility index (Phi) is 4.26. The molecule has 4 aromatic rings. The van der Waals surface area contributed by atoms with Crippen LogP contribution in [0.3, 0.4) is 0 Å². The first-order valence-corrected chi connectivity index (χ1v) is 10.1. The van der Waals surface area contributed by atoms with E-state index < -0.39 is 0 Å². The van der Waals surface area contributed by atoms with Gasteiger partial charge < -0.3 is 15.0 Å². The fraction of sp³-hybridized carbons (Fsp3) is 0.238. The number of benzene rings is 2. The largest absolute Gasteiger partial charge is 0.378 e. The summed E-state index contributed by atoms with van der Waals surface area (Å²) in [7, 11) is 0. The molecule has 1 saturated heterocycles. The number of hydrogen-bond donors (Lipinski definition) is 1. The number of aromatic nitrogens is 2. The van der Waals surface area contributed by atoms with Gasteiger partial charge in [0.25, 0.3) is 5.91 Å². The van der Waals surface area contributed by atoms with Crippen molar-refractivity contribution in [3.05, 3.63) is 59.1 Å². The maximum Gasteiger partial charge on any atom is 0.267 e. The number of hydrogen-bond acceptors (Lipinski definition) is 5. The average molecular weight is 392 g/mol. The first kappa shape index (κ1) is 17.2. The minimum absolute atomic E-state index is 0.101. The molecular formula is C21H20N4O2S. The number of rotatable bonds is 3. The zero-order valence-corrected chi connectivity index (χ0v) is 16.3. The minimum Gasteiger partial charge on any atom is -0.378 e. The van der Waals surface area contributed by atoms with Gasteiger partial charge in [0, 0.05) is 30.2 Å². The lowest BCUT2D eigenvalue weighted by atomic mass is 10.2. The lowest BCUT2D eigenvalue weighted by Gasteiger charge is -2.28. The SMILES string of the molecule is Cc1c(C(=O)Nc2ccc(N3CCOCC3)cc2)sc2nc3ccccc3n12. The zero-order valence-electron chi connectivity index (χ0n) is 15.5. The molecule has 0 bridgehead atoms. The maximum absolute atomic E-state index is 12.9. The number of nitrogens with zero attached hydrogens (tertiary/aromatic N) is 3. The summed E-state index contributed by atoms with van der Waals surface area (Å²) >= 11 is 1.42. The van der Waals surface area contributed by atoms with Crippen LogP contribution in [0.2, 0.25) is 0 Å². The molecule has 0 atom stereocenters. The number of imidazole rings is 1. The van der Waals surface area contributed by atoms with Crippen LogP contribution in [0.15, 0.2) is 48.5 Å². The molecule has 7 heteroatoms. The van der Waals surface area contributed by atoms with E-state index in [0.717, 1.165) is 59.4 Å². The quantitative estimate of drug-likeness (QED) is 0.574. The van der Waals surface area contributed by atoms with Crippen LogP contribution < -0.4 is 10.2 Å². The van der Waals surface area contributed by atoms with Crippen LogP contribution in [-0.4, -0.2) is 41.6 Å². The van der Waals surface area contributed by atoms with E-state index in [4.69, 9.17) is 4.74 Å². The van der Waals surface area contributed by atoms with Gasteiger partial charge in [-0.3, -0.25) is 9.20 Å². The number of thiazole rings is 1. The molecular weight excluding hydrogens is 372 g/mol. The molecule has 2 aromatic heterocycles. The van der Waals surface area contributed by atoms with Gasteiger partial charge in [0.05, 0.1) is 24.2 Å². The van der Waals surface area contributed by atoms with Crippen LogP contribution in [0.1, 0.15) is 15.4 Å². The van der Waals surface area contributed by atoms with Crippen molar-refractivity contribution in [2.45, 2.75) is 6.92 Å². The third-order valence-electron chi connectivity index (χ3n) is 5.10. The molecule has 0 saturated carbocycles. The number of aryl methyl sites for hydroxylation is 1. The Bertz CT molecular complexity index is 1160. The molecule has 142 valence electrons. The van der Waals surface area contributed by atoms with Crippen LogP contribution in [0.5, 0.6) is 0 Å². The normalized spacial score (nSPS) is 14.7. The van der Waals surface area contributed by atoms with E-state index in [0.29, 0.717) is 4.88 Å². The van der Waals surface area contributed by atoms with Crippen LogP contribution in [-0.2, 0) is 4.74 Å². The van der Waals surface area contributed by atoms with E-state index in [1.807, 2.05) is 55.5 Å². The predicted octanol–water partition coefficient (Wildman–Crippen LogP) is 3.95. The van der Waals surface area contributed by atoms with Gasteiger partial charge >= 0.3 is 0 Å². The van der Waals surface area contributed by atoms with E-state index in [1.165, 1.54) is 11.3 Å². The van der Waals surface area contributed by atoms with Gasteiger partial charge in [0.2, 0.25) is 0 Å². The number of morpholine rings is 1. The van der Waals surface area contributed by atoms with Gasteiger partial charge in [0.15, 0.2) is 4.96 Å². The number of nitrogens with one attached hydrogen (secondary N) is 1. The Labute approximate surface area is 166 Å². The molecule has 2 aromatic carbocycles. The molecule has 0 radical (unpaired) electrons. The average Bonchev–Trinajstić information content (AvgIpc) is 3.26. The second-order valence-electron chi connectivity index (χ2n) is 6.84. The first-order chi connectivity index (χ1) is 13.7. The van der Waals surface area contributed by atoms with Crippen molar-refractivity contribution in [2.75, 3.05) is 36.5 Å². The van der Waals surface area contributed by atoms with E-state index in [1.54, 1.807) is 0 Å². The molecule has 28 heavy (non-hydrogen) atoms. The molecule has 3 heterocycles. The highest BCUT2D eigenvalue weighted by Gasteiger charge is 2.19. The Morgan fingerprint density at radius 1 is 1.11 bits per heavy atom. The molecule has 1 N–H and O–H groups in total. The molecule has 1 amide bonds. The summed E-state index contributed by atoms with van der Waals surface area (Å²) in [5.74, 6) is -0.101. The Balaban J connectivity index is 1.38. The number of ether oxygens (including phenoxy) is 1. The number of amides is 1. The zero-order chi connectivity index (χ0) is 19.1. The van der Waals surface area contributed by atoms with Crippen LogP contribution in [0, 0.1) is 6.92 Å². The molecule has 0 aliphatic carbocycles. The summed E-state index contributed by atoms with van der Waals surface area (Å²) in [5, 5.41) is 3.02. The van der Waals surface area contributed by atoms with Crippen molar-refractivity contribution in [3.63, 3.8) is 0 Å². The Hall–Kier alpha value is -2.90. The Morgan fingerprint density at radius 2 is 1.86 bits per heavy atom. The molecule has 6 nitrogen and oxygen atoms in total. The van der Waals surface area contributed by atoms with Crippen LogP contribution in [0.4, 0.5) is 11.4 Å². The summed E-state index contributed by atoms with van der Waals surface area (Å²) in [6.07, 6.45) is 0. The van der Waals surface area contributed by atoms with Crippen LogP contribution >= 0.6 is 11.3 Å². The molecule has 1 fully saturated rings. The number of carbonyl (C=O) groups is 1. The summed E-state index contributed by atoms with van der Waals surface area (Å²) < 4.78 is 7.45. The first-order valence-electron chi connectivity index (χ1n) is 9.31. The summed E-state index contributed by atoms with van der Waals surface area (Å²) in [5.41, 5.74) is 4.83. The van der Waals surface area contributed by atoms with Crippen molar-refractivity contribution >= 4 is 44.6 Å². The van der Waals surface area contributed by atoms with Gasteiger partial charge in [-0.25, -0.2) is 4.98 Å². The minimum atomic E-state index is -0.101. The second-order valence-corrected chi connectivity index (χ2v) is 7.81. The highest BCUT2D eigenvalue weighted by molar-refractivity contribution is 7.19. The number of anilines is 2. The topological polar surface area (TPSA) is 58.9 Å². The third kappa shape index (κ3) is 2.93. The van der Waals surface area contributed by atoms with Gasteiger partial charge in [-0.2, -0.15) is 0 Å².